The fourth-order valence-corrected chi connectivity index (χ4v) is 4.87. The van der Waals surface area contributed by atoms with Gasteiger partial charge in [-0.15, -0.1) is 0 Å². The summed E-state index contributed by atoms with van der Waals surface area (Å²) in [5, 5.41) is 3.47. The first kappa shape index (κ1) is 21.2. The number of methoxy groups -OCH3 is 1. The molecule has 0 radical (unpaired) electrons. The fraction of sp³-hybridized carbons (Fsp3) is 0.167. The summed E-state index contributed by atoms with van der Waals surface area (Å²) in [5.41, 5.74) is 1.77. The van der Waals surface area contributed by atoms with Gasteiger partial charge in [-0.05, 0) is 55.3 Å². The van der Waals surface area contributed by atoms with Gasteiger partial charge in [0.2, 0.25) is 10.0 Å². The number of benzene rings is 2. The number of carbonyl (C=O) groups is 1. The molecule has 0 saturated heterocycles. The van der Waals surface area contributed by atoms with E-state index in [1.807, 2.05) is 18.2 Å². The zero-order chi connectivity index (χ0) is 23.0. The van der Waals surface area contributed by atoms with Gasteiger partial charge in [0.05, 0.1) is 35.0 Å². The molecule has 0 unspecified atom stereocenters. The lowest BCUT2D eigenvalue weighted by Gasteiger charge is -2.14. The van der Waals surface area contributed by atoms with Gasteiger partial charge in [-0.3, -0.25) is 4.79 Å². The molecule has 4 aromatic rings. The van der Waals surface area contributed by atoms with Crippen LogP contribution < -0.4 is 14.8 Å². The molecule has 1 aliphatic rings. The number of anilines is 1. The minimum absolute atomic E-state index is 0.0293. The van der Waals surface area contributed by atoms with E-state index in [4.69, 9.17) is 9.15 Å². The summed E-state index contributed by atoms with van der Waals surface area (Å²) in [5.74, 6) is 0.453. The quantitative estimate of drug-likeness (QED) is 0.425. The number of nitrogens with zero attached hydrogens (tertiary/aromatic N) is 1. The van der Waals surface area contributed by atoms with Crippen molar-refractivity contribution in [2.45, 2.75) is 23.8 Å². The monoisotopic (exact) mass is 463 g/mol. The first-order valence-corrected chi connectivity index (χ1v) is 11.9. The van der Waals surface area contributed by atoms with Gasteiger partial charge in [0, 0.05) is 11.4 Å². The number of fused-ring (bicyclic) bond motifs is 1. The van der Waals surface area contributed by atoms with Crippen molar-refractivity contribution in [3.63, 3.8) is 0 Å². The van der Waals surface area contributed by atoms with Gasteiger partial charge >= 0.3 is 0 Å². The van der Waals surface area contributed by atoms with Crippen LogP contribution in [0.5, 0.6) is 5.75 Å². The van der Waals surface area contributed by atoms with E-state index in [-0.39, 0.29) is 16.6 Å². The maximum Gasteiger partial charge on any atom is 0.256 e. The Labute approximate surface area is 190 Å². The Morgan fingerprint density at radius 2 is 1.91 bits per heavy atom. The standard InChI is InChI=1S/C24H21N3O5S/c1-31-22-11-10-16(33(29,30)27-15-8-9-15)13-20(22)26-24(28)18-14-21(23-7-4-12-32-23)25-19-6-3-2-5-17(18)19/h2-7,10-15,27H,8-9H2,1H3,(H,26,28). The highest BCUT2D eigenvalue weighted by atomic mass is 32.2. The van der Waals surface area contributed by atoms with E-state index in [0.717, 1.165) is 12.8 Å². The van der Waals surface area contributed by atoms with E-state index in [9.17, 15) is 13.2 Å². The van der Waals surface area contributed by atoms with E-state index in [2.05, 4.69) is 15.0 Å². The summed E-state index contributed by atoms with van der Waals surface area (Å²) in [7, 11) is -2.24. The van der Waals surface area contributed by atoms with Crippen molar-refractivity contribution in [2.24, 2.45) is 0 Å². The molecule has 168 valence electrons. The van der Waals surface area contributed by atoms with Crippen molar-refractivity contribution >= 4 is 32.5 Å². The van der Waals surface area contributed by atoms with Gasteiger partial charge in [0.25, 0.3) is 5.91 Å². The van der Waals surface area contributed by atoms with Gasteiger partial charge in [-0.1, -0.05) is 18.2 Å². The van der Waals surface area contributed by atoms with Crippen LogP contribution in [-0.4, -0.2) is 32.5 Å². The molecule has 33 heavy (non-hydrogen) atoms. The van der Waals surface area contributed by atoms with Crippen molar-refractivity contribution in [1.29, 1.82) is 0 Å². The van der Waals surface area contributed by atoms with Crippen molar-refractivity contribution in [3.8, 4) is 17.2 Å². The summed E-state index contributed by atoms with van der Waals surface area (Å²) in [6, 6.07) is 16.8. The summed E-state index contributed by atoms with van der Waals surface area (Å²) in [6.07, 6.45) is 3.19. The van der Waals surface area contributed by atoms with Crippen LogP contribution in [0.4, 0.5) is 5.69 Å². The Hall–Kier alpha value is -3.69. The first-order valence-electron chi connectivity index (χ1n) is 10.4. The Kier molecular flexibility index (Phi) is 5.35. The SMILES string of the molecule is COc1ccc(S(=O)(=O)NC2CC2)cc1NC(=O)c1cc(-c2ccco2)nc2ccccc12. The van der Waals surface area contributed by atoms with Gasteiger partial charge in [0.15, 0.2) is 5.76 Å². The Bertz CT molecular complexity index is 1440. The minimum Gasteiger partial charge on any atom is -0.495 e. The molecule has 0 aliphatic heterocycles. The molecule has 0 spiro atoms. The van der Waals surface area contributed by atoms with Crippen LogP contribution in [0, 0.1) is 0 Å². The molecule has 1 amide bonds. The number of hydrogen-bond donors (Lipinski definition) is 2. The van der Waals surface area contributed by atoms with Gasteiger partial charge in [0.1, 0.15) is 11.4 Å². The van der Waals surface area contributed by atoms with Crippen molar-refractivity contribution in [2.75, 3.05) is 12.4 Å². The predicted molar refractivity (Wildman–Crippen MR) is 124 cm³/mol. The van der Waals surface area contributed by atoms with E-state index in [1.54, 1.807) is 30.5 Å². The van der Waals surface area contributed by atoms with Crippen LogP contribution in [-0.2, 0) is 10.0 Å². The topological polar surface area (TPSA) is 111 Å². The molecular formula is C24H21N3O5S. The maximum atomic E-state index is 13.4. The Morgan fingerprint density at radius 3 is 2.64 bits per heavy atom. The first-order chi connectivity index (χ1) is 15.9. The van der Waals surface area contributed by atoms with E-state index in [1.165, 1.54) is 25.3 Å². The highest BCUT2D eigenvalue weighted by molar-refractivity contribution is 7.89. The Morgan fingerprint density at radius 1 is 1.09 bits per heavy atom. The average molecular weight is 464 g/mol. The lowest BCUT2D eigenvalue weighted by atomic mass is 10.1. The zero-order valence-corrected chi connectivity index (χ0v) is 18.6. The van der Waals surface area contributed by atoms with Crippen LogP contribution in [0.1, 0.15) is 23.2 Å². The highest BCUT2D eigenvalue weighted by Crippen LogP contribution is 2.31. The number of furan rings is 1. The molecule has 2 heterocycles. The summed E-state index contributed by atoms with van der Waals surface area (Å²) < 4.78 is 38.8. The number of carbonyl (C=O) groups excluding carboxylic acids is 1. The summed E-state index contributed by atoms with van der Waals surface area (Å²) in [4.78, 5) is 18.0. The third-order valence-corrected chi connectivity index (χ3v) is 6.88. The number of pyridine rings is 1. The summed E-state index contributed by atoms with van der Waals surface area (Å²) in [6.45, 7) is 0. The van der Waals surface area contributed by atoms with Gasteiger partial charge in [-0.25, -0.2) is 18.1 Å². The average Bonchev–Trinajstić information content (AvgIpc) is 3.44. The normalized spacial score (nSPS) is 13.7. The van der Waals surface area contributed by atoms with Crippen LogP contribution in [0.25, 0.3) is 22.4 Å². The number of nitrogens with one attached hydrogen (secondary N) is 2. The number of rotatable bonds is 7. The molecule has 8 nitrogen and oxygen atoms in total. The number of aromatic nitrogens is 1. The second kappa shape index (κ2) is 8.34. The molecule has 9 heteroatoms. The smallest absolute Gasteiger partial charge is 0.256 e. The molecule has 2 aromatic heterocycles. The zero-order valence-electron chi connectivity index (χ0n) is 17.7. The van der Waals surface area contributed by atoms with Gasteiger partial charge < -0.3 is 14.5 Å². The van der Waals surface area contributed by atoms with Crippen LogP contribution in [0.3, 0.4) is 0 Å². The molecule has 1 saturated carbocycles. The Balaban J connectivity index is 1.54. The third-order valence-electron chi connectivity index (χ3n) is 5.36. The molecule has 1 fully saturated rings. The van der Waals surface area contributed by atoms with Crippen molar-refractivity contribution in [1.82, 2.24) is 9.71 Å². The van der Waals surface area contributed by atoms with Crippen molar-refractivity contribution in [3.05, 3.63) is 72.5 Å². The van der Waals surface area contributed by atoms with E-state index < -0.39 is 15.9 Å². The number of para-hydroxylation sites is 1. The lowest BCUT2D eigenvalue weighted by Crippen LogP contribution is -2.26. The molecule has 0 bridgehead atoms. The van der Waals surface area contributed by atoms with Gasteiger partial charge in [-0.2, -0.15) is 0 Å². The molecule has 2 N–H and O–H groups in total. The number of ether oxygens (including phenoxy) is 1. The lowest BCUT2D eigenvalue weighted by molar-refractivity contribution is 0.102. The van der Waals surface area contributed by atoms with Crippen LogP contribution in [0.15, 0.2) is 76.2 Å². The number of hydrogen-bond acceptors (Lipinski definition) is 6. The second-order valence-electron chi connectivity index (χ2n) is 7.76. The maximum absolute atomic E-state index is 13.4. The second-order valence-corrected chi connectivity index (χ2v) is 9.48. The summed E-state index contributed by atoms with van der Waals surface area (Å²) >= 11 is 0. The van der Waals surface area contributed by atoms with Crippen molar-refractivity contribution < 1.29 is 22.4 Å². The predicted octanol–water partition coefficient (Wildman–Crippen LogP) is 4.20. The highest BCUT2D eigenvalue weighted by Gasteiger charge is 2.28. The van der Waals surface area contributed by atoms with E-state index >= 15 is 0 Å². The molecule has 2 aromatic carbocycles. The fourth-order valence-electron chi connectivity index (χ4n) is 3.54. The van der Waals surface area contributed by atoms with Crippen LogP contribution in [0.2, 0.25) is 0 Å². The molecular weight excluding hydrogens is 442 g/mol. The molecule has 1 aliphatic carbocycles. The minimum atomic E-state index is -3.70. The van der Waals surface area contributed by atoms with E-state index in [0.29, 0.717) is 33.7 Å². The number of amides is 1. The largest absolute Gasteiger partial charge is 0.495 e. The molecule has 0 atom stereocenters. The third kappa shape index (κ3) is 4.33. The van der Waals surface area contributed by atoms with Crippen LogP contribution >= 0.6 is 0 Å². The molecule has 5 rings (SSSR count). The number of sulfonamides is 1.